The van der Waals surface area contributed by atoms with Gasteiger partial charge in [-0.3, -0.25) is 14.4 Å². The minimum absolute atomic E-state index is 0.0428. The SMILES string of the molecule is CCCCCC(=O)N[C@@H](CCC(=O)O)C(=O)N[C@@H](Cc1c[nH]c2ccccc12)C(=O)O. The van der Waals surface area contributed by atoms with Gasteiger partial charge in [-0.2, -0.15) is 0 Å². The summed E-state index contributed by atoms with van der Waals surface area (Å²) in [4.78, 5) is 50.7. The Morgan fingerprint density at radius 1 is 1.00 bits per heavy atom. The normalized spacial score (nSPS) is 12.8. The van der Waals surface area contributed by atoms with Crippen molar-refractivity contribution >= 4 is 34.7 Å². The first kappa shape index (κ1) is 23.9. The van der Waals surface area contributed by atoms with Gasteiger partial charge in [-0.25, -0.2) is 4.79 Å². The minimum atomic E-state index is -1.23. The molecule has 168 valence electrons. The van der Waals surface area contributed by atoms with Crippen molar-refractivity contribution < 1.29 is 29.4 Å². The molecule has 31 heavy (non-hydrogen) atoms. The van der Waals surface area contributed by atoms with Crippen LogP contribution in [0, 0.1) is 0 Å². The summed E-state index contributed by atoms with van der Waals surface area (Å²) in [5.74, 6) is -3.39. The van der Waals surface area contributed by atoms with Gasteiger partial charge in [-0.1, -0.05) is 38.0 Å². The maximum atomic E-state index is 12.7. The molecule has 5 N–H and O–H groups in total. The summed E-state index contributed by atoms with van der Waals surface area (Å²) in [7, 11) is 0. The fourth-order valence-corrected chi connectivity index (χ4v) is 3.33. The number of aromatic amines is 1. The van der Waals surface area contributed by atoms with Gasteiger partial charge < -0.3 is 25.8 Å². The molecule has 2 aromatic rings. The first-order valence-electron chi connectivity index (χ1n) is 10.4. The molecule has 0 aliphatic rings. The van der Waals surface area contributed by atoms with Gasteiger partial charge in [0.1, 0.15) is 12.1 Å². The van der Waals surface area contributed by atoms with Gasteiger partial charge in [0.2, 0.25) is 11.8 Å². The lowest BCUT2D eigenvalue weighted by Gasteiger charge is -2.21. The van der Waals surface area contributed by atoms with E-state index in [0.29, 0.717) is 6.42 Å². The summed E-state index contributed by atoms with van der Waals surface area (Å²) in [6.45, 7) is 2.00. The third-order valence-electron chi connectivity index (χ3n) is 5.02. The van der Waals surface area contributed by atoms with Gasteiger partial charge in [-0.05, 0) is 24.5 Å². The Labute approximate surface area is 180 Å². The van der Waals surface area contributed by atoms with Crippen molar-refractivity contribution in [1.82, 2.24) is 15.6 Å². The number of amides is 2. The van der Waals surface area contributed by atoms with Crippen LogP contribution in [0.4, 0.5) is 0 Å². The highest BCUT2D eigenvalue weighted by atomic mass is 16.4. The van der Waals surface area contributed by atoms with Crippen LogP contribution in [0.2, 0.25) is 0 Å². The number of carboxylic acids is 2. The van der Waals surface area contributed by atoms with Crippen molar-refractivity contribution in [2.45, 2.75) is 64.0 Å². The van der Waals surface area contributed by atoms with E-state index >= 15 is 0 Å². The smallest absolute Gasteiger partial charge is 0.326 e. The number of carbonyl (C=O) groups is 4. The second kappa shape index (κ2) is 11.7. The molecule has 0 saturated carbocycles. The number of benzene rings is 1. The van der Waals surface area contributed by atoms with E-state index in [1.807, 2.05) is 31.2 Å². The Kier molecular flexibility index (Phi) is 9.05. The minimum Gasteiger partial charge on any atom is -0.481 e. The van der Waals surface area contributed by atoms with Gasteiger partial charge in [0.25, 0.3) is 0 Å². The largest absolute Gasteiger partial charge is 0.481 e. The Morgan fingerprint density at radius 3 is 2.42 bits per heavy atom. The summed E-state index contributed by atoms with van der Waals surface area (Å²) >= 11 is 0. The number of hydrogen-bond donors (Lipinski definition) is 5. The molecule has 9 nitrogen and oxygen atoms in total. The molecular weight excluding hydrogens is 402 g/mol. The van der Waals surface area contributed by atoms with Crippen LogP contribution in [0.1, 0.15) is 51.0 Å². The number of nitrogens with one attached hydrogen (secondary N) is 3. The van der Waals surface area contributed by atoms with E-state index in [4.69, 9.17) is 5.11 Å². The number of unbranched alkanes of at least 4 members (excludes halogenated alkanes) is 2. The van der Waals surface area contributed by atoms with E-state index in [0.717, 1.165) is 29.3 Å². The van der Waals surface area contributed by atoms with E-state index in [9.17, 15) is 24.3 Å². The molecule has 0 radical (unpaired) electrons. The lowest BCUT2D eigenvalue weighted by Crippen LogP contribution is -2.52. The van der Waals surface area contributed by atoms with Gasteiger partial charge in [0.05, 0.1) is 0 Å². The van der Waals surface area contributed by atoms with Crippen LogP contribution >= 0.6 is 0 Å². The fraction of sp³-hybridized carbons (Fsp3) is 0.455. The molecule has 0 aliphatic heterocycles. The zero-order chi connectivity index (χ0) is 22.8. The van der Waals surface area contributed by atoms with E-state index in [2.05, 4.69) is 15.6 Å². The molecule has 0 unspecified atom stereocenters. The van der Waals surface area contributed by atoms with E-state index < -0.39 is 29.9 Å². The number of fused-ring (bicyclic) bond motifs is 1. The molecule has 0 aliphatic carbocycles. The molecule has 0 saturated heterocycles. The summed E-state index contributed by atoms with van der Waals surface area (Å²) in [6.07, 6.45) is 3.98. The Hall–Kier alpha value is -3.36. The third-order valence-corrected chi connectivity index (χ3v) is 5.02. The van der Waals surface area contributed by atoms with Crippen LogP contribution in [-0.2, 0) is 25.6 Å². The average molecular weight is 431 g/mol. The Balaban J connectivity index is 2.08. The standard InChI is InChI=1S/C22H29N3O6/c1-2-3-4-9-19(26)24-17(10-11-20(27)28)21(29)25-18(22(30)31)12-14-13-23-16-8-6-5-7-15(14)16/h5-8,13,17-18,23H,2-4,9-12H2,1H3,(H,24,26)(H,25,29)(H,27,28)(H,30,31)/t17-,18-/m0/s1. The van der Waals surface area contributed by atoms with E-state index in [-0.39, 0.29) is 31.6 Å². The van der Waals surface area contributed by atoms with E-state index in [1.165, 1.54) is 0 Å². The zero-order valence-corrected chi connectivity index (χ0v) is 17.5. The second-order valence-electron chi connectivity index (χ2n) is 7.47. The topological polar surface area (TPSA) is 149 Å². The lowest BCUT2D eigenvalue weighted by atomic mass is 10.0. The Bertz CT molecular complexity index is 923. The number of H-pyrrole nitrogens is 1. The van der Waals surface area contributed by atoms with Gasteiger partial charge >= 0.3 is 11.9 Å². The monoisotopic (exact) mass is 431 g/mol. The maximum absolute atomic E-state index is 12.7. The summed E-state index contributed by atoms with van der Waals surface area (Å²) in [5.41, 5.74) is 1.58. The summed E-state index contributed by atoms with van der Waals surface area (Å²) in [5, 5.41) is 24.4. The van der Waals surface area contributed by atoms with Crippen molar-refractivity contribution in [1.29, 1.82) is 0 Å². The van der Waals surface area contributed by atoms with Crippen molar-refractivity contribution in [2.24, 2.45) is 0 Å². The number of rotatable bonds is 13. The third kappa shape index (κ3) is 7.44. The molecule has 1 aromatic heterocycles. The first-order valence-corrected chi connectivity index (χ1v) is 10.4. The van der Waals surface area contributed by atoms with Gasteiger partial charge in [0.15, 0.2) is 0 Å². The highest BCUT2D eigenvalue weighted by molar-refractivity contribution is 5.91. The highest BCUT2D eigenvalue weighted by Crippen LogP contribution is 2.19. The quantitative estimate of drug-likeness (QED) is 0.307. The van der Waals surface area contributed by atoms with Crippen LogP contribution in [0.5, 0.6) is 0 Å². The molecule has 2 atom stereocenters. The lowest BCUT2D eigenvalue weighted by molar-refractivity contribution is -0.143. The maximum Gasteiger partial charge on any atom is 0.326 e. The number of carbonyl (C=O) groups excluding carboxylic acids is 2. The molecule has 1 aromatic carbocycles. The summed E-state index contributed by atoms with van der Waals surface area (Å²) in [6, 6.07) is 5.07. The van der Waals surface area contributed by atoms with Crippen LogP contribution < -0.4 is 10.6 Å². The van der Waals surface area contributed by atoms with Gasteiger partial charge in [0, 0.05) is 36.4 Å². The molecule has 0 fully saturated rings. The second-order valence-corrected chi connectivity index (χ2v) is 7.47. The Morgan fingerprint density at radius 2 is 1.74 bits per heavy atom. The summed E-state index contributed by atoms with van der Waals surface area (Å²) < 4.78 is 0. The van der Waals surface area contributed by atoms with Crippen LogP contribution in [0.15, 0.2) is 30.5 Å². The van der Waals surface area contributed by atoms with Crippen molar-refractivity contribution in [3.8, 4) is 0 Å². The average Bonchev–Trinajstić information content (AvgIpc) is 3.13. The molecular formula is C22H29N3O6. The molecule has 0 bridgehead atoms. The molecule has 9 heteroatoms. The van der Waals surface area contributed by atoms with Crippen molar-refractivity contribution in [2.75, 3.05) is 0 Å². The molecule has 0 spiro atoms. The van der Waals surface area contributed by atoms with Crippen LogP contribution in [0.3, 0.4) is 0 Å². The zero-order valence-electron chi connectivity index (χ0n) is 17.5. The molecule has 2 rings (SSSR count). The molecule has 2 amide bonds. The van der Waals surface area contributed by atoms with Gasteiger partial charge in [-0.15, -0.1) is 0 Å². The highest BCUT2D eigenvalue weighted by Gasteiger charge is 2.27. The van der Waals surface area contributed by atoms with Crippen molar-refractivity contribution in [3.63, 3.8) is 0 Å². The van der Waals surface area contributed by atoms with Crippen LogP contribution in [0.25, 0.3) is 10.9 Å². The first-order chi connectivity index (χ1) is 14.8. The fourth-order valence-electron chi connectivity index (χ4n) is 3.33. The number of para-hydroxylation sites is 1. The predicted octanol–water partition coefficient (Wildman–Crippen LogP) is 2.21. The molecule has 1 heterocycles. The van der Waals surface area contributed by atoms with Crippen LogP contribution in [-0.4, -0.2) is 51.0 Å². The van der Waals surface area contributed by atoms with E-state index in [1.54, 1.807) is 6.20 Å². The number of aliphatic carboxylic acids is 2. The number of carboxylic acid groups (broad SMARTS) is 2. The number of hydrogen-bond acceptors (Lipinski definition) is 4. The number of aromatic nitrogens is 1. The predicted molar refractivity (Wildman–Crippen MR) is 115 cm³/mol. The van der Waals surface area contributed by atoms with Crippen molar-refractivity contribution in [3.05, 3.63) is 36.0 Å².